The third kappa shape index (κ3) is 6.38. The molecule has 0 aromatic heterocycles. The van der Waals surface area contributed by atoms with Gasteiger partial charge < -0.3 is 15.5 Å². The first-order chi connectivity index (χ1) is 10.6. The fourth-order valence-electron chi connectivity index (χ4n) is 2.78. The van der Waals surface area contributed by atoms with Gasteiger partial charge in [-0.05, 0) is 19.5 Å². The zero-order valence-electron chi connectivity index (χ0n) is 13.5. The summed E-state index contributed by atoms with van der Waals surface area (Å²) < 4.78 is 0. The maximum absolute atomic E-state index is 12.1. The first-order valence-electron chi connectivity index (χ1n) is 7.96. The van der Waals surface area contributed by atoms with Crippen molar-refractivity contribution in [2.75, 3.05) is 31.6 Å². The molecule has 1 fully saturated rings. The number of carbonyl (C=O) groups excluding carboxylic acids is 1. The number of hydrogen-bond donors (Lipinski definition) is 2. The van der Waals surface area contributed by atoms with Gasteiger partial charge in [0.15, 0.2) is 0 Å². The maximum atomic E-state index is 12.1. The van der Waals surface area contributed by atoms with Gasteiger partial charge in [-0.2, -0.15) is 11.8 Å². The second kappa shape index (κ2) is 9.18. The first kappa shape index (κ1) is 17.3. The molecule has 0 aliphatic carbocycles. The molecule has 0 bridgehead atoms. The standard InChI is InChI=1S/C17H27N3OS/c1-14(11-20(2)12-15-6-4-3-5-7-15)19-17(21)10-16-13-22-9-8-18-16/h3-7,14,16,18H,8-13H2,1-2H3,(H,19,21). The Morgan fingerprint density at radius 1 is 1.45 bits per heavy atom. The number of hydrogen-bond acceptors (Lipinski definition) is 4. The zero-order chi connectivity index (χ0) is 15.8. The van der Waals surface area contributed by atoms with Gasteiger partial charge in [-0.3, -0.25) is 4.79 Å². The molecule has 0 radical (unpaired) electrons. The molecule has 5 heteroatoms. The van der Waals surface area contributed by atoms with Crippen molar-refractivity contribution in [2.24, 2.45) is 0 Å². The van der Waals surface area contributed by atoms with Crippen LogP contribution < -0.4 is 10.6 Å². The Labute approximate surface area is 138 Å². The molecular weight excluding hydrogens is 294 g/mol. The van der Waals surface area contributed by atoms with Crippen LogP contribution in [0.2, 0.25) is 0 Å². The largest absolute Gasteiger partial charge is 0.352 e. The minimum absolute atomic E-state index is 0.153. The lowest BCUT2D eigenvalue weighted by atomic mass is 10.2. The van der Waals surface area contributed by atoms with Crippen LogP contribution in [-0.2, 0) is 11.3 Å². The lowest BCUT2D eigenvalue weighted by molar-refractivity contribution is -0.122. The third-order valence-electron chi connectivity index (χ3n) is 3.72. The summed E-state index contributed by atoms with van der Waals surface area (Å²) in [6.07, 6.45) is 0.583. The van der Waals surface area contributed by atoms with Crippen molar-refractivity contribution in [3.63, 3.8) is 0 Å². The Kier molecular flexibility index (Phi) is 7.22. The molecule has 1 aromatic rings. The monoisotopic (exact) mass is 321 g/mol. The van der Waals surface area contributed by atoms with Gasteiger partial charge in [0, 0.05) is 49.6 Å². The van der Waals surface area contributed by atoms with Crippen LogP contribution in [0.25, 0.3) is 0 Å². The topological polar surface area (TPSA) is 44.4 Å². The molecule has 2 N–H and O–H groups in total. The van der Waals surface area contributed by atoms with Crippen LogP contribution in [0.15, 0.2) is 30.3 Å². The van der Waals surface area contributed by atoms with Crippen LogP contribution in [0, 0.1) is 0 Å². The Balaban J connectivity index is 1.67. The smallest absolute Gasteiger partial charge is 0.221 e. The summed E-state index contributed by atoms with van der Waals surface area (Å²) in [5.41, 5.74) is 1.30. The Hall–Kier alpha value is -1.04. The summed E-state index contributed by atoms with van der Waals surface area (Å²) >= 11 is 1.93. The number of nitrogens with zero attached hydrogens (tertiary/aromatic N) is 1. The van der Waals surface area contributed by atoms with E-state index < -0.39 is 0 Å². The van der Waals surface area contributed by atoms with E-state index in [0.29, 0.717) is 12.5 Å². The van der Waals surface area contributed by atoms with Crippen LogP contribution in [0.5, 0.6) is 0 Å². The van der Waals surface area contributed by atoms with E-state index in [9.17, 15) is 4.79 Å². The van der Waals surface area contributed by atoms with Crippen LogP contribution in [0.1, 0.15) is 18.9 Å². The number of likely N-dealkylation sites (N-methyl/N-ethyl adjacent to an activating group) is 1. The van der Waals surface area contributed by atoms with E-state index in [2.05, 4.69) is 53.8 Å². The van der Waals surface area contributed by atoms with Gasteiger partial charge in [-0.25, -0.2) is 0 Å². The molecule has 22 heavy (non-hydrogen) atoms. The quantitative estimate of drug-likeness (QED) is 0.803. The number of amides is 1. The van der Waals surface area contributed by atoms with Crippen LogP contribution >= 0.6 is 11.8 Å². The summed E-state index contributed by atoms with van der Waals surface area (Å²) in [5.74, 6) is 2.34. The highest BCUT2D eigenvalue weighted by atomic mass is 32.2. The van der Waals surface area contributed by atoms with E-state index in [-0.39, 0.29) is 11.9 Å². The second-order valence-corrected chi connectivity index (χ2v) is 7.23. The van der Waals surface area contributed by atoms with Crippen LogP contribution in [0.3, 0.4) is 0 Å². The van der Waals surface area contributed by atoms with E-state index in [0.717, 1.165) is 31.1 Å². The second-order valence-electron chi connectivity index (χ2n) is 6.08. The summed E-state index contributed by atoms with van der Waals surface area (Å²) in [5, 5.41) is 6.52. The molecule has 2 rings (SSSR count). The van der Waals surface area contributed by atoms with Gasteiger partial charge in [-0.1, -0.05) is 30.3 Å². The minimum Gasteiger partial charge on any atom is -0.352 e. The van der Waals surface area contributed by atoms with Gasteiger partial charge in [0.1, 0.15) is 0 Å². The Morgan fingerprint density at radius 2 is 2.23 bits per heavy atom. The van der Waals surface area contributed by atoms with Crippen LogP contribution in [-0.4, -0.2) is 54.5 Å². The molecule has 1 aliphatic heterocycles. The van der Waals surface area contributed by atoms with Crippen molar-refractivity contribution in [1.29, 1.82) is 0 Å². The fourth-order valence-corrected chi connectivity index (χ4v) is 3.73. The molecule has 4 nitrogen and oxygen atoms in total. The van der Waals surface area contributed by atoms with E-state index in [1.165, 1.54) is 5.56 Å². The van der Waals surface area contributed by atoms with Crippen molar-refractivity contribution in [3.05, 3.63) is 35.9 Å². The van der Waals surface area contributed by atoms with Gasteiger partial charge in [-0.15, -0.1) is 0 Å². The molecule has 2 unspecified atom stereocenters. The zero-order valence-corrected chi connectivity index (χ0v) is 14.4. The molecule has 1 heterocycles. The van der Waals surface area contributed by atoms with Crippen molar-refractivity contribution in [3.8, 4) is 0 Å². The summed E-state index contributed by atoms with van der Waals surface area (Å²) in [7, 11) is 2.09. The van der Waals surface area contributed by atoms with Crippen molar-refractivity contribution in [2.45, 2.75) is 32.0 Å². The molecule has 0 spiro atoms. The summed E-state index contributed by atoms with van der Waals surface area (Å²) in [4.78, 5) is 14.3. The van der Waals surface area contributed by atoms with Gasteiger partial charge in [0.05, 0.1) is 0 Å². The Morgan fingerprint density at radius 3 is 2.91 bits per heavy atom. The van der Waals surface area contributed by atoms with Gasteiger partial charge in [0.2, 0.25) is 5.91 Å². The number of benzene rings is 1. The number of thioether (sulfide) groups is 1. The number of nitrogens with one attached hydrogen (secondary N) is 2. The molecule has 1 aromatic carbocycles. The first-order valence-corrected chi connectivity index (χ1v) is 9.12. The highest BCUT2D eigenvalue weighted by molar-refractivity contribution is 7.99. The molecule has 1 saturated heterocycles. The van der Waals surface area contributed by atoms with E-state index >= 15 is 0 Å². The molecule has 122 valence electrons. The van der Waals surface area contributed by atoms with Crippen LogP contribution in [0.4, 0.5) is 0 Å². The highest BCUT2D eigenvalue weighted by Crippen LogP contribution is 2.10. The third-order valence-corrected chi connectivity index (χ3v) is 4.85. The lowest BCUT2D eigenvalue weighted by Crippen LogP contribution is -2.45. The number of carbonyl (C=O) groups is 1. The molecule has 1 amide bonds. The summed E-state index contributed by atoms with van der Waals surface area (Å²) in [6, 6.07) is 10.9. The van der Waals surface area contributed by atoms with E-state index in [4.69, 9.17) is 0 Å². The molecule has 1 aliphatic rings. The van der Waals surface area contributed by atoms with Gasteiger partial charge >= 0.3 is 0 Å². The predicted molar refractivity (Wildman–Crippen MR) is 94.1 cm³/mol. The lowest BCUT2D eigenvalue weighted by Gasteiger charge is -2.25. The normalized spacial score (nSPS) is 19.9. The molecule has 0 saturated carbocycles. The minimum atomic E-state index is 0.153. The fraction of sp³-hybridized carbons (Fsp3) is 0.588. The van der Waals surface area contributed by atoms with E-state index in [1.54, 1.807) is 0 Å². The average Bonchev–Trinajstić information content (AvgIpc) is 2.48. The van der Waals surface area contributed by atoms with Crippen molar-refractivity contribution < 1.29 is 4.79 Å². The van der Waals surface area contributed by atoms with Crippen molar-refractivity contribution >= 4 is 17.7 Å². The van der Waals surface area contributed by atoms with E-state index in [1.807, 2.05) is 17.8 Å². The Bertz CT molecular complexity index is 448. The molecular formula is C17H27N3OS. The van der Waals surface area contributed by atoms with Crippen molar-refractivity contribution in [1.82, 2.24) is 15.5 Å². The SMILES string of the molecule is CC(CN(C)Cc1ccccc1)NC(=O)CC1CSCCN1. The summed E-state index contributed by atoms with van der Waals surface area (Å²) in [6.45, 7) is 4.84. The highest BCUT2D eigenvalue weighted by Gasteiger charge is 2.18. The predicted octanol–water partition coefficient (Wildman–Crippen LogP) is 1.72. The van der Waals surface area contributed by atoms with Gasteiger partial charge in [0.25, 0.3) is 0 Å². The number of rotatable bonds is 7. The average molecular weight is 321 g/mol. The maximum Gasteiger partial charge on any atom is 0.221 e. The molecule has 2 atom stereocenters.